The van der Waals surface area contributed by atoms with Gasteiger partial charge in [0.15, 0.2) is 0 Å². The quantitative estimate of drug-likeness (QED) is 0.909. The van der Waals surface area contributed by atoms with Crippen LogP contribution in [0.5, 0.6) is 5.75 Å². The zero-order chi connectivity index (χ0) is 15.7. The van der Waals surface area contributed by atoms with Gasteiger partial charge in [-0.3, -0.25) is 4.79 Å². The summed E-state index contributed by atoms with van der Waals surface area (Å²) in [5.74, 6) is 0.0160. The summed E-state index contributed by atoms with van der Waals surface area (Å²) < 4.78 is 18.7. The number of fused-ring (bicyclic) bond motifs is 1. The molecule has 0 aromatic heterocycles. The molecule has 0 bridgehead atoms. The van der Waals surface area contributed by atoms with Crippen LogP contribution in [-0.4, -0.2) is 12.5 Å². The van der Waals surface area contributed by atoms with Gasteiger partial charge in [-0.25, -0.2) is 4.39 Å². The molecule has 1 heterocycles. The summed E-state index contributed by atoms with van der Waals surface area (Å²) in [6, 6.07) is 9.69. The number of hydrogen-bond donors (Lipinski definition) is 1. The van der Waals surface area contributed by atoms with Crippen LogP contribution >= 0.6 is 11.6 Å². The maximum Gasteiger partial charge on any atom is 0.231 e. The summed E-state index contributed by atoms with van der Waals surface area (Å²) >= 11 is 5.98. The first-order valence-corrected chi connectivity index (χ1v) is 7.39. The molecular weight excluding hydrogens is 305 g/mol. The Balaban J connectivity index is 1.74. The highest BCUT2D eigenvalue weighted by atomic mass is 35.5. The number of rotatable bonds is 2. The lowest BCUT2D eigenvalue weighted by Gasteiger charge is -2.25. The van der Waals surface area contributed by atoms with E-state index in [1.165, 1.54) is 12.1 Å². The number of nitrogens with one attached hydrogen (secondary N) is 1. The van der Waals surface area contributed by atoms with Crippen molar-refractivity contribution in [2.24, 2.45) is 5.92 Å². The van der Waals surface area contributed by atoms with E-state index in [-0.39, 0.29) is 17.6 Å². The van der Waals surface area contributed by atoms with Gasteiger partial charge in [0.2, 0.25) is 5.91 Å². The molecule has 0 spiro atoms. The highest BCUT2D eigenvalue weighted by Crippen LogP contribution is 2.30. The van der Waals surface area contributed by atoms with Gasteiger partial charge in [0.25, 0.3) is 0 Å². The predicted octanol–water partition coefficient (Wildman–Crippen LogP) is 3.98. The van der Waals surface area contributed by atoms with Crippen molar-refractivity contribution in [3.63, 3.8) is 0 Å². The van der Waals surface area contributed by atoms with E-state index in [0.717, 1.165) is 11.3 Å². The fraction of sp³-hybridized carbons (Fsp3) is 0.235. The molecule has 1 N–H and O–H groups in total. The molecule has 1 amide bonds. The van der Waals surface area contributed by atoms with Crippen molar-refractivity contribution in [2.75, 3.05) is 11.9 Å². The van der Waals surface area contributed by atoms with Gasteiger partial charge in [-0.1, -0.05) is 11.6 Å². The fourth-order valence-corrected chi connectivity index (χ4v) is 2.73. The summed E-state index contributed by atoms with van der Waals surface area (Å²) in [5, 5.41) is 3.46. The molecule has 2 aromatic rings. The van der Waals surface area contributed by atoms with E-state index in [4.69, 9.17) is 16.3 Å². The monoisotopic (exact) mass is 319 g/mol. The van der Waals surface area contributed by atoms with Crippen LogP contribution in [0.15, 0.2) is 36.4 Å². The van der Waals surface area contributed by atoms with Crippen LogP contribution in [0.3, 0.4) is 0 Å². The molecule has 0 fully saturated rings. The second-order valence-corrected chi connectivity index (χ2v) is 5.85. The molecular formula is C17H15ClFNO2. The highest BCUT2D eigenvalue weighted by Gasteiger charge is 2.26. The van der Waals surface area contributed by atoms with Crippen molar-refractivity contribution >= 4 is 23.2 Å². The average molecular weight is 320 g/mol. The van der Waals surface area contributed by atoms with Gasteiger partial charge < -0.3 is 10.1 Å². The Labute approximate surface area is 133 Å². The Bertz CT molecular complexity index is 733. The number of carbonyl (C=O) groups excluding carboxylic acids is 1. The standard InChI is InChI=1S/C17H15ClFNO2/c1-10-6-14(19)3-4-15(10)20-17(21)12-7-11-8-13(18)2-5-16(11)22-9-12/h2-6,8,12H,7,9H2,1H3,(H,20,21)/t12-/m1/s1. The van der Waals surface area contributed by atoms with Crippen molar-refractivity contribution in [2.45, 2.75) is 13.3 Å². The topological polar surface area (TPSA) is 38.3 Å². The molecule has 1 atom stereocenters. The minimum absolute atomic E-state index is 0.139. The Morgan fingerprint density at radius 3 is 2.91 bits per heavy atom. The Morgan fingerprint density at radius 1 is 1.32 bits per heavy atom. The number of carbonyl (C=O) groups is 1. The minimum atomic E-state index is -0.319. The molecule has 2 aromatic carbocycles. The molecule has 0 radical (unpaired) electrons. The number of benzene rings is 2. The van der Waals surface area contributed by atoms with Crippen LogP contribution < -0.4 is 10.1 Å². The first-order chi connectivity index (χ1) is 10.5. The number of halogens is 2. The molecule has 0 saturated carbocycles. The van der Waals surface area contributed by atoms with Crippen molar-refractivity contribution in [1.29, 1.82) is 0 Å². The van der Waals surface area contributed by atoms with E-state index in [2.05, 4.69) is 5.32 Å². The van der Waals surface area contributed by atoms with Crippen LogP contribution in [0.25, 0.3) is 0 Å². The van der Waals surface area contributed by atoms with E-state index in [9.17, 15) is 9.18 Å². The van der Waals surface area contributed by atoms with Gasteiger partial charge in [0.1, 0.15) is 18.2 Å². The van der Waals surface area contributed by atoms with Gasteiger partial charge in [-0.05, 0) is 60.9 Å². The number of anilines is 1. The zero-order valence-electron chi connectivity index (χ0n) is 12.0. The number of amides is 1. The minimum Gasteiger partial charge on any atom is -0.492 e. The summed E-state index contributed by atoms with van der Waals surface area (Å²) in [7, 11) is 0. The Hall–Kier alpha value is -2.07. The maximum atomic E-state index is 13.1. The Kier molecular flexibility index (Phi) is 4.03. The van der Waals surface area contributed by atoms with E-state index in [0.29, 0.717) is 29.3 Å². The zero-order valence-corrected chi connectivity index (χ0v) is 12.8. The summed E-state index contributed by atoms with van der Waals surface area (Å²) in [5.41, 5.74) is 2.23. The first kappa shape index (κ1) is 14.9. The third-order valence-electron chi connectivity index (χ3n) is 3.75. The summed E-state index contributed by atoms with van der Waals surface area (Å²) in [6.45, 7) is 2.08. The lowest BCUT2D eigenvalue weighted by Crippen LogP contribution is -2.32. The van der Waals surface area contributed by atoms with Crippen molar-refractivity contribution in [3.05, 3.63) is 58.4 Å². The average Bonchev–Trinajstić information content (AvgIpc) is 2.49. The number of ether oxygens (including phenoxy) is 1. The van der Waals surface area contributed by atoms with Gasteiger partial charge in [0, 0.05) is 10.7 Å². The van der Waals surface area contributed by atoms with E-state index in [1.807, 2.05) is 12.1 Å². The van der Waals surface area contributed by atoms with Crippen LogP contribution in [0, 0.1) is 18.7 Å². The molecule has 3 rings (SSSR count). The van der Waals surface area contributed by atoms with E-state index >= 15 is 0 Å². The predicted molar refractivity (Wildman–Crippen MR) is 83.9 cm³/mol. The number of aryl methyl sites for hydroxylation is 1. The molecule has 114 valence electrons. The van der Waals surface area contributed by atoms with Crippen LogP contribution in [-0.2, 0) is 11.2 Å². The molecule has 5 heteroatoms. The lowest BCUT2D eigenvalue weighted by molar-refractivity contribution is -0.121. The smallest absolute Gasteiger partial charge is 0.231 e. The lowest BCUT2D eigenvalue weighted by atomic mass is 9.96. The third kappa shape index (κ3) is 3.07. The van der Waals surface area contributed by atoms with Crippen molar-refractivity contribution in [3.8, 4) is 5.75 Å². The van der Waals surface area contributed by atoms with Crippen LogP contribution in [0.4, 0.5) is 10.1 Å². The highest BCUT2D eigenvalue weighted by molar-refractivity contribution is 6.30. The molecule has 0 saturated heterocycles. The summed E-state index contributed by atoms with van der Waals surface area (Å²) in [4.78, 5) is 12.4. The van der Waals surface area contributed by atoms with Crippen LogP contribution in [0.1, 0.15) is 11.1 Å². The largest absolute Gasteiger partial charge is 0.492 e. The number of hydrogen-bond acceptors (Lipinski definition) is 2. The second-order valence-electron chi connectivity index (χ2n) is 5.41. The second kappa shape index (κ2) is 5.97. The fourth-order valence-electron chi connectivity index (χ4n) is 2.53. The maximum absolute atomic E-state index is 13.1. The molecule has 22 heavy (non-hydrogen) atoms. The molecule has 1 aliphatic heterocycles. The SMILES string of the molecule is Cc1cc(F)ccc1NC(=O)[C@H]1COc2ccc(Cl)cc2C1. The Morgan fingerprint density at radius 2 is 2.14 bits per heavy atom. The summed E-state index contributed by atoms with van der Waals surface area (Å²) in [6.07, 6.45) is 0.571. The first-order valence-electron chi connectivity index (χ1n) is 7.01. The third-order valence-corrected chi connectivity index (χ3v) is 3.98. The van der Waals surface area contributed by atoms with E-state index in [1.54, 1.807) is 19.1 Å². The normalized spacial score (nSPS) is 16.6. The molecule has 3 nitrogen and oxygen atoms in total. The molecule has 0 aliphatic carbocycles. The van der Waals surface area contributed by atoms with Gasteiger partial charge >= 0.3 is 0 Å². The van der Waals surface area contributed by atoms with Gasteiger partial charge in [-0.2, -0.15) is 0 Å². The molecule has 0 unspecified atom stereocenters. The molecule has 1 aliphatic rings. The van der Waals surface area contributed by atoms with Crippen LogP contribution in [0.2, 0.25) is 5.02 Å². The van der Waals surface area contributed by atoms with Gasteiger partial charge in [-0.15, -0.1) is 0 Å². The van der Waals surface area contributed by atoms with Gasteiger partial charge in [0.05, 0.1) is 5.92 Å². The van der Waals surface area contributed by atoms with Crippen molar-refractivity contribution < 1.29 is 13.9 Å². The van der Waals surface area contributed by atoms with E-state index < -0.39 is 0 Å². The van der Waals surface area contributed by atoms with Crippen molar-refractivity contribution in [1.82, 2.24) is 0 Å².